The topological polar surface area (TPSA) is 49.4 Å². The number of nitrogens with zero attached hydrogens (tertiary/aromatic N) is 1. The van der Waals surface area contributed by atoms with Crippen LogP contribution in [0.2, 0.25) is 0 Å². The van der Waals surface area contributed by atoms with Crippen molar-refractivity contribution in [3.8, 4) is 0 Å². The molecule has 0 aromatic rings. The van der Waals surface area contributed by atoms with Crippen LogP contribution >= 0.6 is 0 Å². The fraction of sp³-hybridized carbons (Fsp3) is 1.00. The van der Waals surface area contributed by atoms with Gasteiger partial charge in [-0.05, 0) is 50.5 Å². The first-order valence-electron chi connectivity index (χ1n) is 7.70. The maximum absolute atomic E-state index is 12.4. The Kier molecular flexibility index (Phi) is 5.26. The fourth-order valence-corrected chi connectivity index (χ4v) is 5.04. The molecule has 2 saturated heterocycles. The Morgan fingerprint density at radius 2 is 2.05 bits per heavy atom. The van der Waals surface area contributed by atoms with Gasteiger partial charge in [0.05, 0.1) is 5.75 Å². The predicted molar refractivity (Wildman–Crippen MR) is 78.6 cm³/mol. The average molecular weight is 288 g/mol. The van der Waals surface area contributed by atoms with Gasteiger partial charge in [-0.25, -0.2) is 12.7 Å². The molecule has 2 unspecified atom stereocenters. The van der Waals surface area contributed by atoms with Crippen molar-refractivity contribution in [3.63, 3.8) is 0 Å². The van der Waals surface area contributed by atoms with E-state index < -0.39 is 10.0 Å². The van der Waals surface area contributed by atoms with Crippen LogP contribution in [-0.4, -0.2) is 44.2 Å². The molecule has 19 heavy (non-hydrogen) atoms. The smallest absolute Gasteiger partial charge is 0.214 e. The summed E-state index contributed by atoms with van der Waals surface area (Å²) < 4.78 is 26.5. The summed E-state index contributed by atoms with van der Waals surface area (Å²) in [7, 11) is -3.04. The maximum atomic E-state index is 12.4. The largest absolute Gasteiger partial charge is 0.314 e. The molecule has 2 fully saturated rings. The Bertz CT molecular complexity index is 375. The lowest BCUT2D eigenvalue weighted by atomic mass is 9.91. The zero-order valence-corrected chi connectivity index (χ0v) is 13.1. The molecular formula is C14H28N2O2S. The third kappa shape index (κ3) is 4.17. The molecule has 1 N–H and O–H groups in total. The van der Waals surface area contributed by atoms with Gasteiger partial charge >= 0.3 is 0 Å². The first kappa shape index (κ1) is 15.3. The zero-order valence-electron chi connectivity index (χ0n) is 12.3. The Balaban J connectivity index is 1.92. The molecule has 0 bridgehead atoms. The highest BCUT2D eigenvalue weighted by Gasteiger charge is 2.33. The zero-order chi connectivity index (χ0) is 13.9. The van der Waals surface area contributed by atoms with Crippen LogP contribution in [0.1, 0.15) is 46.0 Å². The monoisotopic (exact) mass is 288 g/mol. The van der Waals surface area contributed by atoms with E-state index in [1.54, 1.807) is 4.31 Å². The van der Waals surface area contributed by atoms with Crippen molar-refractivity contribution in [3.05, 3.63) is 0 Å². The van der Waals surface area contributed by atoms with Gasteiger partial charge in [-0.2, -0.15) is 0 Å². The van der Waals surface area contributed by atoms with E-state index in [4.69, 9.17) is 0 Å². The Morgan fingerprint density at radius 1 is 1.26 bits per heavy atom. The van der Waals surface area contributed by atoms with Gasteiger partial charge in [0.25, 0.3) is 0 Å². The quantitative estimate of drug-likeness (QED) is 0.839. The lowest BCUT2D eigenvalue weighted by molar-refractivity contribution is 0.226. The lowest BCUT2D eigenvalue weighted by Gasteiger charge is -2.35. The fourth-order valence-electron chi connectivity index (χ4n) is 3.18. The number of rotatable bonds is 5. The van der Waals surface area contributed by atoms with Crippen molar-refractivity contribution in [2.75, 3.05) is 25.4 Å². The predicted octanol–water partition coefficient (Wildman–Crippen LogP) is 1.83. The molecule has 5 heteroatoms. The molecule has 4 nitrogen and oxygen atoms in total. The van der Waals surface area contributed by atoms with Gasteiger partial charge in [0.1, 0.15) is 0 Å². The van der Waals surface area contributed by atoms with Gasteiger partial charge in [0, 0.05) is 19.1 Å². The van der Waals surface area contributed by atoms with Crippen molar-refractivity contribution in [2.45, 2.75) is 52.0 Å². The van der Waals surface area contributed by atoms with Gasteiger partial charge in [-0.1, -0.05) is 13.8 Å². The molecule has 0 amide bonds. The number of sulfonamides is 1. The maximum Gasteiger partial charge on any atom is 0.214 e. The molecular weight excluding hydrogens is 260 g/mol. The van der Waals surface area contributed by atoms with Crippen LogP contribution in [0.15, 0.2) is 0 Å². The summed E-state index contributed by atoms with van der Waals surface area (Å²) in [5, 5.41) is 3.53. The summed E-state index contributed by atoms with van der Waals surface area (Å²) >= 11 is 0. The number of nitrogens with one attached hydrogen (secondary N) is 1. The normalized spacial score (nSPS) is 30.1. The highest BCUT2D eigenvalue weighted by atomic mass is 32.2. The van der Waals surface area contributed by atoms with Gasteiger partial charge in [-0.15, -0.1) is 0 Å². The SMILES string of the molecule is CC(C)CCS(=O)(=O)N1CCCC(C2CCCN2)C1. The summed E-state index contributed by atoms with van der Waals surface area (Å²) in [6.07, 6.45) is 5.41. The summed E-state index contributed by atoms with van der Waals surface area (Å²) in [4.78, 5) is 0. The van der Waals surface area contributed by atoms with Crippen LogP contribution in [0, 0.1) is 11.8 Å². The van der Waals surface area contributed by atoms with Crippen LogP contribution in [0.3, 0.4) is 0 Å². The van der Waals surface area contributed by atoms with Crippen molar-refractivity contribution in [1.29, 1.82) is 0 Å². The van der Waals surface area contributed by atoms with Crippen LogP contribution in [0.25, 0.3) is 0 Å². The standard InChI is InChI=1S/C14H28N2O2S/c1-12(2)7-10-19(17,18)16-9-4-5-13(11-16)14-6-3-8-15-14/h12-15H,3-11H2,1-2H3. The van der Waals surface area contributed by atoms with Crippen LogP contribution in [0.5, 0.6) is 0 Å². The van der Waals surface area contributed by atoms with Crippen LogP contribution in [-0.2, 0) is 10.0 Å². The lowest BCUT2D eigenvalue weighted by Crippen LogP contribution is -2.46. The average Bonchev–Trinajstić information content (AvgIpc) is 2.91. The highest BCUT2D eigenvalue weighted by Crippen LogP contribution is 2.26. The Morgan fingerprint density at radius 3 is 2.68 bits per heavy atom. The Labute approximate surface area is 118 Å². The van der Waals surface area contributed by atoms with Crippen molar-refractivity contribution >= 4 is 10.0 Å². The third-order valence-electron chi connectivity index (χ3n) is 4.43. The second kappa shape index (κ2) is 6.55. The molecule has 0 aromatic carbocycles. The van der Waals surface area contributed by atoms with Crippen LogP contribution < -0.4 is 5.32 Å². The summed E-state index contributed by atoms with van der Waals surface area (Å²) in [6, 6.07) is 0.545. The molecule has 112 valence electrons. The summed E-state index contributed by atoms with van der Waals surface area (Å²) in [5.74, 6) is 1.28. The van der Waals surface area contributed by atoms with E-state index in [0.717, 1.165) is 32.5 Å². The number of piperidine rings is 1. The minimum Gasteiger partial charge on any atom is -0.314 e. The van der Waals surface area contributed by atoms with Crippen molar-refractivity contribution in [1.82, 2.24) is 9.62 Å². The number of hydrogen-bond acceptors (Lipinski definition) is 3. The molecule has 2 rings (SSSR count). The molecule has 0 aromatic heterocycles. The molecule has 2 aliphatic rings. The molecule has 0 radical (unpaired) electrons. The molecule has 2 atom stereocenters. The minimum atomic E-state index is -3.04. The molecule has 2 aliphatic heterocycles. The number of hydrogen-bond donors (Lipinski definition) is 1. The molecule has 0 aliphatic carbocycles. The van der Waals surface area contributed by atoms with E-state index in [1.807, 2.05) is 0 Å². The summed E-state index contributed by atoms with van der Waals surface area (Å²) in [5.41, 5.74) is 0. The summed E-state index contributed by atoms with van der Waals surface area (Å²) in [6.45, 7) is 6.72. The van der Waals surface area contributed by atoms with Crippen molar-refractivity contribution in [2.24, 2.45) is 11.8 Å². The first-order valence-corrected chi connectivity index (χ1v) is 9.31. The molecule has 0 spiro atoms. The minimum absolute atomic E-state index is 0.315. The van der Waals surface area contributed by atoms with E-state index in [0.29, 0.717) is 23.6 Å². The highest BCUT2D eigenvalue weighted by molar-refractivity contribution is 7.89. The van der Waals surface area contributed by atoms with E-state index in [9.17, 15) is 8.42 Å². The second-order valence-electron chi connectivity index (χ2n) is 6.46. The molecule has 0 saturated carbocycles. The van der Waals surface area contributed by atoms with E-state index >= 15 is 0 Å². The van der Waals surface area contributed by atoms with Gasteiger partial charge in [-0.3, -0.25) is 0 Å². The van der Waals surface area contributed by atoms with Gasteiger partial charge in [0.15, 0.2) is 0 Å². The third-order valence-corrected chi connectivity index (χ3v) is 6.30. The molecule has 2 heterocycles. The van der Waals surface area contributed by atoms with Crippen molar-refractivity contribution < 1.29 is 8.42 Å². The van der Waals surface area contributed by atoms with E-state index in [-0.39, 0.29) is 0 Å². The van der Waals surface area contributed by atoms with E-state index in [1.165, 1.54) is 19.3 Å². The first-order chi connectivity index (χ1) is 8.99. The van der Waals surface area contributed by atoms with Crippen LogP contribution in [0.4, 0.5) is 0 Å². The van der Waals surface area contributed by atoms with Gasteiger partial charge < -0.3 is 5.32 Å². The van der Waals surface area contributed by atoms with Gasteiger partial charge in [0.2, 0.25) is 10.0 Å². The van der Waals surface area contributed by atoms with E-state index in [2.05, 4.69) is 19.2 Å². The Hall–Kier alpha value is -0.130. The second-order valence-corrected chi connectivity index (χ2v) is 8.55.